The first-order valence-electron chi connectivity index (χ1n) is 7.25. The molecule has 0 aromatic heterocycles. The van der Waals surface area contributed by atoms with Crippen LogP contribution in [0.1, 0.15) is 44.1 Å². The van der Waals surface area contributed by atoms with Crippen LogP contribution in [0.15, 0.2) is 18.2 Å². The van der Waals surface area contributed by atoms with Crippen molar-refractivity contribution in [2.75, 3.05) is 5.32 Å². The van der Waals surface area contributed by atoms with E-state index >= 15 is 0 Å². The molecule has 0 heterocycles. The Labute approximate surface area is 109 Å². The summed E-state index contributed by atoms with van der Waals surface area (Å²) in [6, 6.07) is 5.58. The Balaban J connectivity index is 1.65. The summed E-state index contributed by atoms with van der Waals surface area (Å²) in [6.07, 6.45) is 8.13. The van der Waals surface area contributed by atoms with Gasteiger partial charge in [0.1, 0.15) is 5.82 Å². The van der Waals surface area contributed by atoms with Crippen LogP contribution in [0.3, 0.4) is 0 Å². The third-order valence-corrected chi connectivity index (χ3v) is 4.56. The summed E-state index contributed by atoms with van der Waals surface area (Å²) >= 11 is 0. The minimum Gasteiger partial charge on any atom is -0.382 e. The molecule has 0 spiro atoms. The maximum atomic E-state index is 13.3. The van der Waals surface area contributed by atoms with Crippen LogP contribution in [0.4, 0.5) is 10.1 Å². The zero-order valence-electron chi connectivity index (χ0n) is 11.1. The molecule has 1 aromatic rings. The van der Waals surface area contributed by atoms with Gasteiger partial charge in [-0.3, -0.25) is 0 Å². The van der Waals surface area contributed by atoms with Gasteiger partial charge in [0.05, 0.1) is 0 Å². The SMILES string of the molecule is Cc1ccc(F)cc1NC1CCCC(C2CC2)C1. The van der Waals surface area contributed by atoms with Crippen molar-refractivity contribution in [3.63, 3.8) is 0 Å². The fourth-order valence-electron chi connectivity index (χ4n) is 3.32. The van der Waals surface area contributed by atoms with Gasteiger partial charge in [-0.2, -0.15) is 0 Å². The van der Waals surface area contributed by atoms with E-state index in [1.165, 1.54) is 44.6 Å². The van der Waals surface area contributed by atoms with Crippen molar-refractivity contribution < 1.29 is 4.39 Å². The van der Waals surface area contributed by atoms with Crippen molar-refractivity contribution in [1.82, 2.24) is 0 Å². The lowest BCUT2D eigenvalue weighted by molar-refractivity contribution is 0.303. The molecule has 0 radical (unpaired) electrons. The van der Waals surface area contributed by atoms with Gasteiger partial charge in [-0.1, -0.05) is 18.9 Å². The van der Waals surface area contributed by atoms with Gasteiger partial charge in [0.15, 0.2) is 0 Å². The number of anilines is 1. The van der Waals surface area contributed by atoms with Crippen molar-refractivity contribution in [3.05, 3.63) is 29.6 Å². The number of benzene rings is 1. The molecule has 0 aliphatic heterocycles. The average Bonchev–Trinajstić information content (AvgIpc) is 3.18. The first kappa shape index (κ1) is 12.0. The average molecular weight is 247 g/mol. The van der Waals surface area contributed by atoms with Crippen LogP contribution in [0.2, 0.25) is 0 Å². The quantitative estimate of drug-likeness (QED) is 0.828. The molecule has 2 atom stereocenters. The maximum absolute atomic E-state index is 13.3. The molecule has 2 unspecified atom stereocenters. The predicted octanol–water partition coefficient (Wildman–Crippen LogP) is 4.51. The number of nitrogens with one attached hydrogen (secondary N) is 1. The van der Waals surface area contributed by atoms with Gasteiger partial charge < -0.3 is 5.32 Å². The molecule has 2 fully saturated rings. The number of hydrogen-bond acceptors (Lipinski definition) is 1. The number of hydrogen-bond donors (Lipinski definition) is 1. The van der Waals surface area contributed by atoms with E-state index in [-0.39, 0.29) is 5.82 Å². The van der Waals surface area contributed by atoms with Crippen LogP contribution >= 0.6 is 0 Å². The Hall–Kier alpha value is -1.05. The summed E-state index contributed by atoms with van der Waals surface area (Å²) < 4.78 is 13.3. The molecule has 0 bridgehead atoms. The second kappa shape index (κ2) is 4.91. The molecule has 2 aliphatic rings. The highest BCUT2D eigenvalue weighted by Crippen LogP contribution is 2.44. The fourth-order valence-corrected chi connectivity index (χ4v) is 3.32. The highest BCUT2D eigenvalue weighted by molar-refractivity contribution is 5.51. The number of halogens is 1. The van der Waals surface area contributed by atoms with Crippen molar-refractivity contribution in [2.24, 2.45) is 11.8 Å². The van der Waals surface area contributed by atoms with Gasteiger partial charge in [-0.15, -0.1) is 0 Å². The van der Waals surface area contributed by atoms with Gasteiger partial charge in [0.25, 0.3) is 0 Å². The fraction of sp³-hybridized carbons (Fsp3) is 0.625. The summed E-state index contributed by atoms with van der Waals surface area (Å²) in [5, 5.41) is 3.56. The second-order valence-corrected chi connectivity index (χ2v) is 6.06. The number of aryl methyl sites for hydroxylation is 1. The monoisotopic (exact) mass is 247 g/mol. The Kier molecular flexibility index (Phi) is 3.27. The minimum absolute atomic E-state index is 0.141. The van der Waals surface area contributed by atoms with Crippen molar-refractivity contribution in [1.29, 1.82) is 0 Å². The van der Waals surface area contributed by atoms with Crippen molar-refractivity contribution >= 4 is 5.69 Å². The van der Waals surface area contributed by atoms with E-state index in [2.05, 4.69) is 5.32 Å². The van der Waals surface area contributed by atoms with E-state index in [4.69, 9.17) is 0 Å². The van der Waals surface area contributed by atoms with Gasteiger partial charge in [-0.05, 0) is 62.1 Å². The van der Waals surface area contributed by atoms with Gasteiger partial charge >= 0.3 is 0 Å². The van der Waals surface area contributed by atoms with Crippen LogP contribution in [0.5, 0.6) is 0 Å². The van der Waals surface area contributed by atoms with Crippen molar-refractivity contribution in [2.45, 2.75) is 51.5 Å². The molecule has 1 N–H and O–H groups in total. The Morgan fingerprint density at radius 3 is 2.72 bits per heavy atom. The maximum Gasteiger partial charge on any atom is 0.125 e. The smallest absolute Gasteiger partial charge is 0.125 e. The third kappa shape index (κ3) is 2.68. The summed E-state index contributed by atoms with van der Waals surface area (Å²) in [7, 11) is 0. The molecule has 0 amide bonds. The van der Waals surface area contributed by atoms with Crippen molar-refractivity contribution in [3.8, 4) is 0 Å². The molecule has 1 nitrogen and oxygen atoms in total. The topological polar surface area (TPSA) is 12.0 Å². The lowest BCUT2D eigenvalue weighted by atomic mass is 9.82. The minimum atomic E-state index is -0.141. The molecule has 98 valence electrons. The van der Waals surface area contributed by atoms with Gasteiger partial charge in [0, 0.05) is 11.7 Å². The van der Waals surface area contributed by atoms with E-state index in [1.54, 1.807) is 6.07 Å². The highest BCUT2D eigenvalue weighted by Gasteiger charge is 2.34. The van der Waals surface area contributed by atoms with Gasteiger partial charge in [0.2, 0.25) is 0 Å². The Bertz CT molecular complexity index is 425. The predicted molar refractivity (Wildman–Crippen MR) is 73.2 cm³/mol. The normalized spacial score (nSPS) is 28.1. The summed E-state index contributed by atoms with van der Waals surface area (Å²) in [6.45, 7) is 2.04. The molecule has 2 heteroatoms. The van der Waals surface area contributed by atoms with Crippen LogP contribution in [-0.4, -0.2) is 6.04 Å². The highest BCUT2D eigenvalue weighted by atomic mass is 19.1. The molecule has 0 saturated heterocycles. The Morgan fingerprint density at radius 2 is 1.94 bits per heavy atom. The van der Waals surface area contributed by atoms with E-state index in [1.807, 2.05) is 13.0 Å². The van der Waals surface area contributed by atoms with E-state index < -0.39 is 0 Å². The van der Waals surface area contributed by atoms with Crippen LogP contribution < -0.4 is 5.32 Å². The third-order valence-electron chi connectivity index (χ3n) is 4.56. The molecule has 3 rings (SSSR count). The zero-order chi connectivity index (χ0) is 12.5. The summed E-state index contributed by atoms with van der Waals surface area (Å²) in [4.78, 5) is 0. The van der Waals surface area contributed by atoms with Crippen LogP contribution in [0, 0.1) is 24.6 Å². The van der Waals surface area contributed by atoms with E-state index in [0.717, 1.165) is 23.1 Å². The summed E-state index contributed by atoms with van der Waals surface area (Å²) in [5.41, 5.74) is 2.13. The first-order valence-corrected chi connectivity index (χ1v) is 7.25. The molecule has 2 saturated carbocycles. The second-order valence-electron chi connectivity index (χ2n) is 6.06. The molecular formula is C16H22FN. The van der Waals surface area contributed by atoms with Crippen LogP contribution in [0.25, 0.3) is 0 Å². The number of rotatable bonds is 3. The molecule has 18 heavy (non-hydrogen) atoms. The lowest BCUT2D eigenvalue weighted by Gasteiger charge is -2.31. The molecule has 2 aliphatic carbocycles. The van der Waals surface area contributed by atoms with E-state index in [9.17, 15) is 4.39 Å². The lowest BCUT2D eigenvalue weighted by Crippen LogP contribution is -2.28. The molecule has 1 aromatic carbocycles. The largest absolute Gasteiger partial charge is 0.382 e. The first-order chi connectivity index (χ1) is 8.72. The summed E-state index contributed by atoms with van der Waals surface area (Å²) in [5.74, 6) is 1.78. The zero-order valence-corrected chi connectivity index (χ0v) is 11.1. The standard InChI is InChI=1S/C16H22FN/c1-11-5-8-14(17)10-16(11)18-15-4-2-3-13(9-15)12-6-7-12/h5,8,10,12-13,15,18H,2-4,6-7,9H2,1H3. The Morgan fingerprint density at radius 1 is 1.11 bits per heavy atom. The van der Waals surface area contributed by atoms with Crippen LogP contribution in [-0.2, 0) is 0 Å². The molecular weight excluding hydrogens is 225 g/mol. The van der Waals surface area contributed by atoms with E-state index in [0.29, 0.717) is 6.04 Å². The van der Waals surface area contributed by atoms with Gasteiger partial charge in [-0.25, -0.2) is 4.39 Å².